The van der Waals surface area contributed by atoms with E-state index in [0.717, 1.165) is 23.7 Å². The molecule has 1 aliphatic rings. The number of piperazine rings is 1. The van der Waals surface area contributed by atoms with Gasteiger partial charge < -0.3 is 15.4 Å². The molecule has 1 aliphatic heterocycles. The Hall–Kier alpha value is -1.30. The summed E-state index contributed by atoms with van der Waals surface area (Å²) >= 11 is 5.93. The standard InChI is InChI=1S/C15H22ClN3O2/c1-2-21-15(20)19-9-7-18(8-10-19)14(11-17)12-3-5-13(16)6-4-12/h3-6,14H,2,7-11,17H2,1H3. The van der Waals surface area contributed by atoms with Gasteiger partial charge in [0.15, 0.2) is 0 Å². The number of carbonyl (C=O) groups is 1. The molecule has 1 unspecified atom stereocenters. The van der Waals surface area contributed by atoms with Crippen molar-refractivity contribution in [1.82, 2.24) is 9.80 Å². The van der Waals surface area contributed by atoms with Gasteiger partial charge in [-0.05, 0) is 24.6 Å². The number of amides is 1. The van der Waals surface area contributed by atoms with Crippen LogP contribution in [0.25, 0.3) is 0 Å². The van der Waals surface area contributed by atoms with Crippen molar-refractivity contribution in [3.8, 4) is 0 Å². The molecule has 2 rings (SSSR count). The molecule has 1 atom stereocenters. The van der Waals surface area contributed by atoms with Crippen molar-refractivity contribution in [3.05, 3.63) is 34.9 Å². The first kappa shape index (κ1) is 16.1. The molecule has 0 aromatic heterocycles. The maximum Gasteiger partial charge on any atom is 0.409 e. The first-order chi connectivity index (χ1) is 10.2. The van der Waals surface area contributed by atoms with E-state index in [1.165, 1.54) is 0 Å². The predicted molar refractivity (Wildman–Crippen MR) is 83.4 cm³/mol. The Bertz CT molecular complexity index is 458. The van der Waals surface area contributed by atoms with E-state index in [2.05, 4.69) is 4.90 Å². The summed E-state index contributed by atoms with van der Waals surface area (Å²) in [5.41, 5.74) is 7.09. The Balaban J connectivity index is 1.96. The van der Waals surface area contributed by atoms with Gasteiger partial charge in [0.25, 0.3) is 0 Å². The van der Waals surface area contributed by atoms with Crippen LogP contribution in [0.1, 0.15) is 18.5 Å². The highest BCUT2D eigenvalue weighted by molar-refractivity contribution is 6.30. The smallest absolute Gasteiger partial charge is 0.409 e. The molecule has 0 saturated carbocycles. The summed E-state index contributed by atoms with van der Waals surface area (Å²) in [6.07, 6.45) is -0.229. The number of ether oxygens (including phenoxy) is 1. The fraction of sp³-hybridized carbons (Fsp3) is 0.533. The van der Waals surface area contributed by atoms with Gasteiger partial charge in [0, 0.05) is 43.8 Å². The second-order valence-electron chi connectivity index (χ2n) is 5.02. The van der Waals surface area contributed by atoms with Crippen LogP contribution < -0.4 is 5.73 Å². The highest BCUT2D eigenvalue weighted by atomic mass is 35.5. The summed E-state index contributed by atoms with van der Waals surface area (Å²) in [4.78, 5) is 15.7. The van der Waals surface area contributed by atoms with Gasteiger partial charge in [-0.3, -0.25) is 4.90 Å². The minimum absolute atomic E-state index is 0.159. The van der Waals surface area contributed by atoms with E-state index >= 15 is 0 Å². The molecule has 0 bridgehead atoms. The summed E-state index contributed by atoms with van der Waals surface area (Å²) in [7, 11) is 0. The third-order valence-corrected chi connectivity index (χ3v) is 4.01. The van der Waals surface area contributed by atoms with Gasteiger partial charge in [-0.15, -0.1) is 0 Å². The Morgan fingerprint density at radius 1 is 1.29 bits per heavy atom. The molecule has 1 aromatic rings. The van der Waals surface area contributed by atoms with Gasteiger partial charge in [0.1, 0.15) is 0 Å². The van der Waals surface area contributed by atoms with Crippen molar-refractivity contribution in [2.75, 3.05) is 39.3 Å². The Kier molecular flexibility index (Phi) is 5.85. The third kappa shape index (κ3) is 4.09. The highest BCUT2D eigenvalue weighted by Gasteiger charge is 2.26. The van der Waals surface area contributed by atoms with E-state index in [4.69, 9.17) is 22.1 Å². The summed E-state index contributed by atoms with van der Waals surface area (Å²) in [6, 6.07) is 7.95. The number of hydrogen-bond acceptors (Lipinski definition) is 4. The van der Waals surface area contributed by atoms with Crippen molar-refractivity contribution < 1.29 is 9.53 Å². The lowest BCUT2D eigenvalue weighted by molar-refractivity contribution is 0.0671. The van der Waals surface area contributed by atoms with Crippen LogP contribution in [-0.4, -0.2) is 55.2 Å². The molecule has 1 fully saturated rings. The molecule has 1 aromatic carbocycles. The Labute approximate surface area is 130 Å². The van der Waals surface area contributed by atoms with Gasteiger partial charge >= 0.3 is 6.09 Å². The Morgan fingerprint density at radius 3 is 2.43 bits per heavy atom. The lowest BCUT2D eigenvalue weighted by atomic mass is 10.0. The monoisotopic (exact) mass is 311 g/mol. The zero-order chi connectivity index (χ0) is 15.2. The lowest BCUT2D eigenvalue weighted by Gasteiger charge is -2.38. The van der Waals surface area contributed by atoms with E-state index in [9.17, 15) is 4.79 Å². The van der Waals surface area contributed by atoms with Crippen LogP contribution in [-0.2, 0) is 4.74 Å². The predicted octanol–water partition coefficient (Wildman–Crippen LogP) is 2.11. The molecule has 0 aliphatic carbocycles. The van der Waals surface area contributed by atoms with Crippen LogP contribution in [0.5, 0.6) is 0 Å². The topological polar surface area (TPSA) is 58.8 Å². The van der Waals surface area contributed by atoms with Gasteiger partial charge in [0.2, 0.25) is 0 Å². The number of halogens is 1. The van der Waals surface area contributed by atoms with Gasteiger partial charge in [-0.1, -0.05) is 23.7 Å². The molecule has 6 heteroatoms. The van der Waals surface area contributed by atoms with Crippen molar-refractivity contribution in [2.24, 2.45) is 5.73 Å². The number of benzene rings is 1. The minimum Gasteiger partial charge on any atom is -0.450 e. The van der Waals surface area contributed by atoms with E-state index in [0.29, 0.717) is 26.2 Å². The SMILES string of the molecule is CCOC(=O)N1CCN(C(CN)c2ccc(Cl)cc2)CC1. The largest absolute Gasteiger partial charge is 0.450 e. The zero-order valence-corrected chi connectivity index (χ0v) is 13.1. The first-order valence-electron chi connectivity index (χ1n) is 7.27. The molecule has 0 radical (unpaired) electrons. The average Bonchev–Trinajstić information content (AvgIpc) is 2.51. The van der Waals surface area contributed by atoms with E-state index < -0.39 is 0 Å². The first-order valence-corrected chi connectivity index (χ1v) is 7.64. The number of carbonyl (C=O) groups excluding carboxylic acids is 1. The highest BCUT2D eigenvalue weighted by Crippen LogP contribution is 2.23. The fourth-order valence-corrected chi connectivity index (χ4v) is 2.74. The van der Waals surface area contributed by atoms with Crippen LogP contribution in [0.3, 0.4) is 0 Å². The lowest BCUT2D eigenvalue weighted by Crippen LogP contribution is -2.50. The average molecular weight is 312 g/mol. The van der Waals surface area contributed by atoms with Crippen LogP contribution >= 0.6 is 11.6 Å². The van der Waals surface area contributed by atoms with E-state index in [1.54, 1.807) is 4.90 Å². The third-order valence-electron chi connectivity index (χ3n) is 3.76. The number of nitrogens with two attached hydrogens (primary N) is 1. The van der Waals surface area contributed by atoms with Gasteiger partial charge in [-0.25, -0.2) is 4.79 Å². The minimum atomic E-state index is -0.229. The van der Waals surface area contributed by atoms with Crippen molar-refractivity contribution in [1.29, 1.82) is 0 Å². The summed E-state index contributed by atoms with van der Waals surface area (Å²) in [6.45, 7) is 5.70. The van der Waals surface area contributed by atoms with Gasteiger partial charge in [-0.2, -0.15) is 0 Å². The molecule has 21 heavy (non-hydrogen) atoms. The molecule has 1 amide bonds. The van der Waals surface area contributed by atoms with Crippen LogP contribution in [0.4, 0.5) is 4.79 Å². The summed E-state index contributed by atoms with van der Waals surface area (Å²) in [5, 5.41) is 0.724. The van der Waals surface area contributed by atoms with Crippen molar-refractivity contribution >= 4 is 17.7 Å². The van der Waals surface area contributed by atoms with E-state index in [-0.39, 0.29) is 12.1 Å². The van der Waals surface area contributed by atoms with Crippen molar-refractivity contribution in [3.63, 3.8) is 0 Å². The molecule has 1 heterocycles. The quantitative estimate of drug-likeness (QED) is 0.925. The molecule has 0 spiro atoms. The molecular formula is C15H22ClN3O2. The van der Waals surface area contributed by atoms with Gasteiger partial charge in [0.05, 0.1) is 6.61 Å². The van der Waals surface area contributed by atoms with Crippen LogP contribution in [0, 0.1) is 0 Å². The number of hydrogen-bond donors (Lipinski definition) is 1. The Morgan fingerprint density at radius 2 is 1.90 bits per heavy atom. The molecule has 1 saturated heterocycles. The maximum atomic E-state index is 11.7. The summed E-state index contributed by atoms with van der Waals surface area (Å²) < 4.78 is 5.03. The summed E-state index contributed by atoms with van der Waals surface area (Å²) in [5.74, 6) is 0. The van der Waals surface area contributed by atoms with Crippen LogP contribution in [0.2, 0.25) is 5.02 Å². The number of rotatable bonds is 4. The molecule has 2 N–H and O–H groups in total. The molecule has 5 nitrogen and oxygen atoms in total. The second-order valence-corrected chi connectivity index (χ2v) is 5.46. The normalized spacial score (nSPS) is 17.6. The zero-order valence-electron chi connectivity index (χ0n) is 12.3. The fourth-order valence-electron chi connectivity index (χ4n) is 2.61. The molecular weight excluding hydrogens is 290 g/mol. The maximum absolute atomic E-state index is 11.7. The number of nitrogens with zero attached hydrogens (tertiary/aromatic N) is 2. The second kappa shape index (κ2) is 7.64. The van der Waals surface area contributed by atoms with Crippen molar-refractivity contribution in [2.45, 2.75) is 13.0 Å². The van der Waals surface area contributed by atoms with Crippen LogP contribution in [0.15, 0.2) is 24.3 Å². The van der Waals surface area contributed by atoms with E-state index in [1.807, 2.05) is 31.2 Å². The molecule has 116 valence electrons.